The van der Waals surface area contributed by atoms with E-state index in [4.69, 9.17) is 5.73 Å². The number of carbonyl (C=O) groups excluding carboxylic acids is 1. The predicted molar refractivity (Wildman–Crippen MR) is 86.1 cm³/mol. The lowest BCUT2D eigenvalue weighted by Crippen LogP contribution is -2.38. The van der Waals surface area contributed by atoms with Crippen LogP contribution in [0.15, 0.2) is 22.7 Å². The van der Waals surface area contributed by atoms with Crippen molar-refractivity contribution in [2.45, 2.75) is 25.3 Å². The van der Waals surface area contributed by atoms with E-state index in [1.54, 1.807) is 17.0 Å². The zero-order valence-electron chi connectivity index (χ0n) is 11.6. The Morgan fingerprint density at radius 1 is 1.33 bits per heavy atom. The van der Waals surface area contributed by atoms with Gasteiger partial charge < -0.3 is 10.6 Å². The molecule has 2 aliphatic rings. The first-order valence-electron chi connectivity index (χ1n) is 7.06. The SMILES string of the molecule is Cl.NC1CCCC2CN(C(=O)c3ccc(Br)cc3F)CC12. The molecule has 0 aromatic heterocycles. The molecule has 1 aliphatic heterocycles. The lowest BCUT2D eigenvalue weighted by Gasteiger charge is -2.29. The number of carbonyl (C=O) groups is 1. The summed E-state index contributed by atoms with van der Waals surface area (Å²) in [6.45, 7) is 1.38. The second kappa shape index (κ2) is 6.63. The molecule has 1 saturated heterocycles. The van der Waals surface area contributed by atoms with Crippen LogP contribution < -0.4 is 5.73 Å². The summed E-state index contributed by atoms with van der Waals surface area (Å²) in [6.07, 6.45) is 3.30. The molecule has 1 aromatic carbocycles. The van der Waals surface area contributed by atoms with Gasteiger partial charge in [0.25, 0.3) is 5.91 Å². The van der Waals surface area contributed by atoms with E-state index in [-0.39, 0.29) is 29.9 Å². The Hall–Kier alpha value is -0.650. The van der Waals surface area contributed by atoms with Gasteiger partial charge in [-0.25, -0.2) is 4.39 Å². The molecule has 1 aliphatic carbocycles. The predicted octanol–water partition coefficient (Wildman–Crippen LogP) is 3.21. The van der Waals surface area contributed by atoms with Gasteiger partial charge in [-0.1, -0.05) is 22.4 Å². The van der Waals surface area contributed by atoms with E-state index in [2.05, 4.69) is 15.9 Å². The maximum Gasteiger partial charge on any atom is 0.256 e. The standard InChI is InChI=1S/C15H18BrFN2O.ClH/c16-10-4-5-11(13(17)6-10)15(20)19-7-9-2-1-3-14(18)12(9)8-19;/h4-6,9,12,14H,1-3,7-8,18H2;1H. The summed E-state index contributed by atoms with van der Waals surface area (Å²) in [6, 6.07) is 4.76. The molecule has 21 heavy (non-hydrogen) atoms. The minimum Gasteiger partial charge on any atom is -0.338 e. The molecule has 1 saturated carbocycles. The number of hydrogen-bond acceptors (Lipinski definition) is 2. The van der Waals surface area contributed by atoms with Crippen LogP contribution in [-0.4, -0.2) is 29.9 Å². The molecule has 0 radical (unpaired) electrons. The fourth-order valence-electron chi connectivity index (χ4n) is 3.52. The van der Waals surface area contributed by atoms with Gasteiger partial charge in [0.2, 0.25) is 0 Å². The maximum absolute atomic E-state index is 13.9. The molecule has 6 heteroatoms. The fourth-order valence-corrected chi connectivity index (χ4v) is 3.85. The average Bonchev–Trinajstić information content (AvgIpc) is 2.83. The van der Waals surface area contributed by atoms with Crippen molar-refractivity contribution in [2.24, 2.45) is 17.6 Å². The largest absolute Gasteiger partial charge is 0.338 e. The summed E-state index contributed by atoms with van der Waals surface area (Å²) in [5, 5.41) is 0. The van der Waals surface area contributed by atoms with Crippen LogP contribution in [0.25, 0.3) is 0 Å². The summed E-state index contributed by atoms with van der Waals surface area (Å²) >= 11 is 3.21. The van der Waals surface area contributed by atoms with Crippen molar-refractivity contribution in [3.63, 3.8) is 0 Å². The summed E-state index contributed by atoms with van der Waals surface area (Å²) in [4.78, 5) is 14.2. The number of rotatable bonds is 1. The van der Waals surface area contributed by atoms with Crippen molar-refractivity contribution in [1.29, 1.82) is 0 Å². The topological polar surface area (TPSA) is 46.3 Å². The molecule has 0 spiro atoms. The molecule has 2 N–H and O–H groups in total. The summed E-state index contributed by atoms with van der Waals surface area (Å²) < 4.78 is 14.5. The second-order valence-electron chi connectivity index (χ2n) is 5.85. The molecule has 1 amide bonds. The number of benzene rings is 1. The second-order valence-corrected chi connectivity index (χ2v) is 6.77. The van der Waals surface area contributed by atoms with Crippen LogP contribution in [-0.2, 0) is 0 Å². The summed E-state index contributed by atoms with van der Waals surface area (Å²) in [7, 11) is 0. The van der Waals surface area contributed by atoms with E-state index in [1.807, 2.05) is 0 Å². The first-order valence-corrected chi connectivity index (χ1v) is 7.85. The van der Waals surface area contributed by atoms with Gasteiger partial charge in [0.1, 0.15) is 5.82 Å². The number of halogens is 3. The normalized spacial score (nSPS) is 28.0. The lowest BCUT2D eigenvalue weighted by molar-refractivity contribution is 0.0779. The van der Waals surface area contributed by atoms with Crippen LogP contribution >= 0.6 is 28.3 Å². The third kappa shape index (κ3) is 3.25. The van der Waals surface area contributed by atoms with Crippen LogP contribution in [0.3, 0.4) is 0 Å². The highest BCUT2D eigenvalue weighted by molar-refractivity contribution is 9.10. The van der Waals surface area contributed by atoms with Crippen molar-refractivity contribution in [3.8, 4) is 0 Å². The van der Waals surface area contributed by atoms with Crippen molar-refractivity contribution >= 4 is 34.2 Å². The number of nitrogens with zero attached hydrogens (tertiary/aromatic N) is 1. The van der Waals surface area contributed by atoms with Gasteiger partial charge in [0, 0.05) is 23.6 Å². The molecule has 1 aromatic rings. The molecule has 3 nitrogen and oxygen atoms in total. The van der Waals surface area contributed by atoms with Crippen LogP contribution in [0.4, 0.5) is 4.39 Å². The molecule has 0 bridgehead atoms. The highest BCUT2D eigenvalue weighted by atomic mass is 79.9. The van der Waals surface area contributed by atoms with E-state index in [9.17, 15) is 9.18 Å². The average molecular weight is 378 g/mol. The van der Waals surface area contributed by atoms with Gasteiger partial charge in [-0.2, -0.15) is 0 Å². The monoisotopic (exact) mass is 376 g/mol. The number of likely N-dealkylation sites (tertiary alicyclic amines) is 1. The molecular weight excluding hydrogens is 359 g/mol. The quantitative estimate of drug-likeness (QED) is 0.817. The third-order valence-electron chi connectivity index (χ3n) is 4.60. The van der Waals surface area contributed by atoms with Crippen LogP contribution in [0.1, 0.15) is 29.6 Å². The van der Waals surface area contributed by atoms with Crippen molar-refractivity contribution in [2.75, 3.05) is 13.1 Å². The molecule has 116 valence electrons. The molecule has 3 unspecified atom stereocenters. The minimum atomic E-state index is -0.469. The van der Waals surface area contributed by atoms with E-state index in [1.165, 1.54) is 6.07 Å². The number of fused-ring (bicyclic) bond motifs is 1. The molecule has 1 heterocycles. The Balaban J connectivity index is 0.00000161. The zero-order chi connectivity index (χ0) is 14.3. The van der Waals surface area contributed by atoms with E-state index in [0.29, 0.717) is 29.4 Å². The fraction of sp³-hybridized carbons (Fsp3) is 0.533. The minimum absolute atomic E-state index is 0. The molecule has 3 atom stereocenters. The highest BCUT2D eigenvalue weighted by Crippen LogP contribution is 2.36. The summed E-state index contributed by atoms with van der Waals surface area (Å²) in [5.41, 5.74) is 6.31. The lowest BCUT2D eigenvalue weighted by atomic mass is 9.78. The van der Waals surface area contributed by atoms with Gasteiger partial charge in [0.05, 0.1) is 5.56 Å². The zero-order valence-corrected chi connectivity index (χ0v) is 14.0. The summed E-state index contributed by atoms with van der Waals surface area (Å²) in [5.74, 6) is 0.188. The Morgan fingerprint density at radius 3 is 2.76 bits per heavy atom. The molecule has 2 fully saturated rings. The highest BCUT2D eigenvalue weighted by Gasteiger charge is 2.40. The van der Waals surface area contributed by atoms with Crippen LogP contribution in [0, 0.1) is 17.7 Å². The van der Waals surface area contributed by atoms with Crippen LogP contribution in [0.2, 0.25) is 0 Å². The van der Waals surface area contributed by atoms with Crippen molar-refractivity contribution < 1.29 is 9.18 Å². The molecular formula is C15H19BrClFN2O. The Kier molecular flexibility index (Phi) is 5.28. The smallest absolute Gasteiger partial charge is 0.256 e. The Bertz CT molecular complexity index is 542. The van der Waals surface area contributed by atoms with Gasteiger partial charge in [-0.05, 0) is 42.9 Å². The first-order chi connectivity index (χ1) is 9.56. The number of nitrogens with two attached hydrogens (primary N) is 1. The van der Waals surface area contributed by atoms with Gasteiger partial charge in [0.15, 0.2) is 0 Å². The Morgan fingerprint density at radius 2 is 2.10 bits per heavy atom. The third-order valence-corrected chi connectivity index (χ3v) is 5.10. The van der Waals surface area contributed by atoms with Gasteiger partial charge in [-0.15, -0.1) is 12.4 Å². The van der Waals surface area contributed by atoms with Gasteiger partial charge >= 0.3 is 0 Å². The first kappa shape index (κ1) is 16.7. The van der Waals surface area contributed by atoms with Crippen LogP contribution in [0.5, 0.6) is 0 Å². The van der Waals surface area contributed by atoms with Crippen molar-refractivity contribution in [1.82, 2.24) is 4.90 Å². The maximum atomic E-state index is 13.9. The van der Waals surface area contributed by atoms with E-state index < -0.39 is 5.82 Å². The van der Waals surface area contributed by atoms with Gasteiger partial charge in [-0.3, -0.25) is 4.79 Å². The Labute approximate surface area is 138 Å². The molecule has 3 rings (SSSR count). The van der Waals surface area contributed by atoms with Crippen molar-refractivity contribution in [3.05, 3.63) is 34.1 Å². The number of hydrogen-bond donors (Lipinski definition) is 1. The van der Waals surface area contributed by atoms with E-state index in [0.717, 1.165) is 19.3 Å². The number of amides is 1. The van der Waals surface area contributed by atoms with E-state index >= 15 is 0 Å².